The van der Waals surface area contributed by atoms with Crippen LogP contribution in [0.2, 0.25) is 0 Å². The van der Waals surface area contributed by atoms with E-state index in [-0.39, 0.29) is 28.7 Å². The molecule has 0 radical (unpaired) electrons. The lowest BCUT2D eigenvalue weighted by Crippen LogP contribution is -2.41. The lowest BCUT2D eigenvalue weighted by atomic mass is 10.0. The van der Waals surface area contributed by atoms with Gasteiger partial charge in [-0.05, 0) is 74.6 Å². The van der Waals surface area contributed by atoms with Gasteiger partial charge in [-0.2, -0.15) is 4.31 Å². The van der Waals surface area contributed by atoms with Crippen molar-refractivity contribution < 1.29 is 17.6 Å². The number of hydrogen-bond acceptors (Lipinski definition) is 3. The smallest absolute Gasteiger partial charge is 0.254 e. The van der Waals surface area contributed by atoms with Crippen molar-refractivity contribution in [1.29, 1.82) is 0 Å². The van der Waals surface area contributed by atoms with E-state index in [0.29, 0.717) is 18.7 Å². The van der Waals surface area contributed by atoms with Gasteiger partial charge in [-0.15, -0.1) is 0 Å². The summed E-state index contributed by atoms with van der Waals surface area (Å²) in [5.74, 6) is -0.424. The Kier molecular flexibility index (Phi) is 5.93. The molecular weight excluding hydrogens is 403 g/mol. The average molecular weight is 431 g/mol. The molecule has 0 aromatic heterocycles. The first-order valence-corrected chi connectivity index (χ1v) is 12.0. The van der Waals surface area contributed by atoms with Crippen LogP contribution in [0.1, 0.15) is 61.0 Å². The Hall–Kier alpha value is -2.25. The van der Waals surface area contributed by atoms with E-state index in [4.69, 9.17) is 0 Å². The van der Waals surface area contributed by atoms with Gasteiger partial charge in [-0.3, -0.25) is 4.79 Å². The van der Waals surface area contributed by atoms with Crippen molar-refractivity contribution in [3.8, 4) is 0 Å². The van der Waals surface area contributed by atoms with Gasteiger partial charge < -0.3 is 4.90 Å². The van der Waals surface area contributed by atoms with Crippen LogP contribution in [0.25, 0.3) is 0 Å². The summed E-state index contributed by atoms with van der Waals surface area (Å²) in [5, 5.41) is 0. The first-order valence-electron chi connectivity index (χ1n) is 10.6. The van der Waals surface area contributed by atoms with E-state index in [1.54, 1.807) is 33.5 Å². The van der Waals surface area contributed by atoms with Gasteiger partial charge in [0.2, 0.25) is 10.0 Å². The SMILES string of the molecule is C[C@H]1CCCCN1S(=O)(=O)c1ccc(C(=O)N2CCC[C@@H]2c2ccc(F)cc2)cc1. The van der Waals surface area contributed by atoms with Crippen molar-refractivity contribution >= 4 is 15.9 Å². The number of sulfonamides is 1. The average Bonchev–Trinajstić information content (AvgIpc) is 3.24. The molecule has 0 bridgehead atoms. The van der Waals surface area contributed by atoms with Gasteiger partial charge in [0.05, 0.1) is 10.9 Å². The number of likely N-dealkylation sites (tertiary alicyclic amines) is 1. The molecule has 7 heteroatoms. The number of nitrogens with zero attached hydrogens (tertiary/aromatic N) is 2. The number of carbonyl (C=O) groups excluding carboxylic acids is 1. The molecule has 0 saturated carbocycles. The predicted molar refractivity (Wildman–Crippen MR) is 113 cm³/mol. The predicted octanol–water partition coefficient (Wildman–Crippen LogP) is 4.37. The lowest BCUT2D eigenvalue weighted by molar-refractivity contribution is 0.0735. The highest BCUT2D eigenvalue weighted by atomic mass is 32.2. The van der Waals surface area contributed by atoms with Crippen LogP contribution in [0.15, 0.2) is 53.4 Å². The molecule has 2 aliphatic heterocycles. The zero-order valence-corrected chi connectivity index (χ0v) is 17.9. The summed E-state index contributed by atoms with van der Waals surface area (Å²) in [6.45, 7) is 3.11. The number of carbonyl (C=O) groups is 1. The van der Waals surface area contributed by atoms with Gasteiger partial charge in [-0.25, -0.2) is 12.8 Å². The number of hydrogen-bond donors (Lipinski definition) is 0. The normalized spacial score (nSPS) is 22.9. The Morgan fingerprint density at radius 1 is 0.933 bits per heavy atom. The third kappa shape index (κ3) is 4.01. The zero-order chi connectivity index (χ0) is 21.3. The van der Waals surface area contributed by atoms with E-state index in [0.717, 1.165) is 37.7 Å². The monoisotopic (exact) mass is 430 g/mol. The summed E-state index contributed by atoms with van der Waals surface area (Å²) in [6, 6.07) is 12.5. The van der Waals surface area contributed by atoms with Crippen molar-refractivity contribution in [3.05, 3.63) is 65.5 Å². The summed E-state index contributed by atoms with van der Waals surface area (Å²) in [4.78, 5) is 15.1. The molecule has 2 aromatic carbocycles. The fourth-order valence-corrected chi connectivity index (χ4v) is 6.24. The highest BCUT2D eigenvalue weighted by Gasteiger charge is 2.33. The van der Waals surface area contributed by atoms with Crippen LogP contribution < -0.4 is 0 Å². The molecule has 0 aliphatic carbocycles. The maximum absolute atomic E-state index is 13.3. The molecule has 0 spiro atoms. The molecule has 1 amide bonds. The second-order valence-electron chi connectivity index (χ2n) is 8.19. The molecule has 2 heterocycles. The molecule has 2 saturated heterocycles. The molecule has 160 valence electrons. The number of halogens is 1. The van der Waals surface area contributed by atoms with E-state index < -0.39 is 10.0 Å². The van der Waals surface area contributed by atoms with Gasteiger partial charge in [0.25, 0.3) is 5.91 Å². The molecule has 2 fully saturated rings. The van der Waals surface area contributed by atoms with Crippen molar-refractivity contribution in [2.24, 2.45) is 0 Å². The highest BCUT2D eigenvalue weighted by molar-refractivity contribution is 7.89. The Morgan fingerprint density at radius 3 is 2.30 bits per heavy atom. The maximum Gasteiger partial charge on any atom is 0.254 e. The Labute approximate surface area is 177 Å². The van der Waals surface area contributed by atoms with Crippen molar-refractivity contribution in [1.82, 2.24) is 9.21 Å². The molecule has 2 atom stereocenters. The summed E-state index contributed by atoms with van der Waals surface area (Å²) >= 11 is 0. The zero-order valence-electron chi connectivity index (χ0n) is 17.1. The van der Waals surface area contributed by atoms with Crippen molar-refractivity contribution in [2.75, 3.05) is 13.1 Å². The lowest BCUT2D eigenvalue weighted by Gasteiger charge is -2.32. The van der Waals surface area contributed by atoms with Gasteiger partial charge in [0.15, 0.2) is 0 Å². The number of amides is 1. The molecule has 0 N–H and O–H groups in total. The van der Waals surface area contributed by atoms with Crippen LogP contribution in [0.3, 0.4) is 0 Å². The molecule has 2 aromatic rings. The minimum atomic E-state index is -3.56. The number of benzene rings is 2. The van der Waals surface area contributed by atoms with Crippen LogP contribution in [-0.4, -0.2) is 42.7 Å². The second kappa shape index (κ2) is 8.47. The molecule has 2 aliphatic rings. The molecule has 4 rings (SSSR count). The maximum atomic E-state index is 13.3. The number of rotatable bonds is 4. The molecule has 5 nitrogen and oxygen atoms in total. The third-order valence-corrected chi connectivity index (χ3v) is 8.25. The Morgan fingerprint density at radius 2 is 1.63 bits per heavy atom. The molecule has 0 unspecified atom stereocenters. The van der Waals surface area contributed by atoms with Crippen LogP contribution in [0.5, 0.6) is 0 Å². The van der Waals surface area contributed by atoms with Gasteiger partial charge >= 0.3 is 0 Å². The van der Waals surface area contributed by atoms with E-state index in [9.17, 15) is 17.6 Å². The summed E-state index contributed by atoms with van der Waals surface area (Å²) in [5.41, 5.74) is 1.38. The van der Waals surface area contributed by atoms with Crippen LogP contribution >= 0.6 is 0 Å². The van der Waals surface area contributed by atoms with E-state index >= 15 is 0 Å². The van der Waals surface area contributed by atoms with Crippen molar-refractivity contribution in [3.63, 3.8) is 0 Å². The van der Waals surface area contributed by atoms with Crippen LogP contribution in [-0.2, 0) is 10.0 Å². The summed E-state index contributed by atoms with van der Waals surface area (Å²) in [6.07, 6.45) is 4.50. The fourth-order valence-electron chi connectivity index (χ4n) is 4.54. The van der Waals surface area contributed by atoms with E-state index in [2.05, 4.69) is 0 Å². The van der Waals surface area contributed by atoms with Crippen molar-refractivity contribution in [2.45, 2.75) is 56.0 Å². The number of piperidine rings is 1. The fraction of sp³-hybridized carbons (Fsp3) is 0.435. The molecule has 30 heavy (non-hydrogen) atoms. The van der Waals surface area contributed by atoms with Gasteiger partial charge in [0.1, 0.15) is 5.82 Å². The first kappa shape index (κ1) is 21.0. The minimum absolute atomic E-state index is 0.00822. The molecular formula is C23H27FN2O3S. The highest BCUT2D eigenvalue weighted by Crippen LogP contribution is 2.33. The standard InChI is InChI=1S/C23H27FN2O3S/c1-17-5-2-3-16-26(17)30(28,29)21-13-9-19(10-14-21)23(27)25-15-4-6-22(25)18-7-11-20(24)12-8-18/h7-14,17,22H,2-6,15-16H2,1H3/t17-,22+/m0/s1. The topological polar surface area (TPSA) is 57.7 Å². The minimum Gasteiger partial charge on any atom is -0.332 e. The Bertz CT molecular complexity index is 1010. The first-order chi connectivity index (χ1) is 14.4. The second-order valence-corrected chi connectivity index (χ2v) is 10.1. The quantitative estimate of drug-likeness (QED) is 0.724. The third-order valence-electron chi connectivity index (χ3n) is 6.22. The Balaban J connectivity index is 1.53. The van der Waals surface area contributed by atoms with E-state index in [1.165, 1.54) is 24.3 Å². The largest absolute Gasteiger partial charge is 0.332 e. The van der Waals surface area contributed by atoms with E-state index in [1.807, 2.05) is 6.92 Å². The van der Waals surface area contributed by atoms with Crippen LogP contribution in [0.4, 0.5) is 4.39 Å². The summed E-state index contributed by atoms with van der Waals surface area (Å²) in [7, 11) is -3.56. The summed E-state index contributed by atoms with van der Waals surface area (Å²) < 4.78 is 40.8. The van der Waals surface area contributed by atoms with Crippen LogP contribution in [0, 0.1) is 5.82 Å². The van der Waals surface area contributed by atoms with Gasteiger partial charge in [-0.1, -0.05) is 18.6 Å². The van der Waals surface area contributed by atoms with Gasteiger partial charge in [0, 0.05) is 24.7 Å².